The molecule has 0 aliphatic heterocycles. The molecule has 5 aromatic rings. The lowest BCUT2D eigenvalue weighted by molar-refractivity contribution is 0.0888. The van der Waals surface area contributed by atoms with Crippen molar-refractivity contribution in [3.8, 4) is 11.5 Å². The Balaban J connectivity index is 1.23. The normalized spacial score (nSPS) is 15.2. The van der Waals surface area contributed by atoms with E-state index in [2.05, 4.69) is 53.7 Å². The number of carbonyl (C=O) groups excluding carboxylic acids is 2. The third kappa shape index (κ3) is 5.72. The maximum atomic E-state index is 13.6. The molecular formula is C40H41NO4. The fourth-order valence-electron chi connectivity index (χ4n) is 6.38. The van der Waals surface area contributed by atoms with E-state index in [1.165, 1.54) is 5.56 Å². The van der Waals surface area contributed by atoms with Crippen LogP contribution >= 0.6 is 0 Å². The molecule has 0 spiro atoms. The third-order valence-corrected chi connectivity index (χ3v) is 8.84. The second-order valence-electron chi connectivity index (χ2n) is 14.5. The Morgan fingerprint density at radius 1 is 0.756 bits per heavy atom. The molecule has 1 aromatic heterocycles. The van der Waals surface area contributed by atoms with E-state index in [0.29, 0.717) is 40.4 Å². The standard InChI is InChI=1S/C40H41NO4/c1-23-13-14-26-21-28-29(22-27(26)18-23)37(43)34(36(28)42)32-16-15-25-11-8-12-33(35(25)41-32)45-17-9-10-24-19-30(39(2,3)4)38(44)31(20-24)40(5,6)7/h8,11-16,18-22,34,44H,9-10,17H2,1-7H3. The maximum Gasteiger partial charge on any atom is 0.180 e. The minimum Gasteiger partial charge on any atom is -0.507 e. The van der Waals surface area contributed by atoms with Gasteiger partial charge in [0, 0.05) is 16.5 Å². The molecule has 6 rings (SSSR count). The highest BCUT2D eigenvalue weighted by atomic mass is 16.5. The van der Waals surface area contributed by atoms with E-state index in [-0.39, 0.29) is 22.4 Å². The number of aromatic hydroxyl groups is 1. The molecule has 1 atom stereocenters. The number of carbonyl (C=O) groups is 2. The summed E-state index contributed by atoms with van der Waals surface area (Å²) in [4.78, 5) is 32.0. The Labute approximate surface area is 265 Å². The number of pyridine rings is 1. The van der Waals surface area contributed by atoms with Crippen molar-refractivity contribution < 1.29 is 19.4 Å². The predicted octanol–water partition coefficient (Wildman–Crippen LogP) is 9.17. The van der Waals surface area contributed by atoms with Crippen molar-refractivity contribution in [2.75, 3.05) is 6.61 Å². The van der Waals surface area contributed by atoms with Crippen molar-refractivity contribution in [3.63, 3.8) is 0 Å². The zero-order chi connectivity index (χ0) is 32.3. The summed E-state index contributed by atoms with van der Waals surface area (Å²) in [5.41, 5.74) is 5.84. The highest BCUT2D eigenvalue weighted by Gasteiger charge is 2.41. The van der Waals surface area contributed by atoms with Gasteiger partial charge >= 0.3 is 0 Å². The van der Waals surface area contributed by atoms with Crippen LogP contribution in [0.2, 0.25) is 0 Å². The smallest absolute Gasteiger partial charge is 0.180 e. The lowest BCUT2D eigenvalue weighted by atomic mass is 9.78. The van der Waals surface area contributed by atoms with Gasteiger partial charge in [0.15, 0.2) is 11.6 Å². The molecule has 0 radical (unpaired) electrons. The van der Waals surface area contributed by atoms with Gasteiger partial charge in [0.1, 0.15) is 22.9 Å². The highest BCUT2D eigenvalue weighted by molar-refractivity contribution is 6.30. The lowest BCUT2D eigenvalue weighted by Crippen LogP contribution is -2.18. The molecule has 1 heterocycles. The molecule has 5 nitrogen and oxygen atoms in total. The van der Waals surface area contributed by atoms with Crippen molar-refractivity contribution in [1.82, 2.24) is 4.98 Å². The first-order valence-electron chi connectivity index (χ1n) is 15.7. The van der Waals surface area contributed by atoms with Crippen molar-refractivity contribution in [2.45, 2.75) is 78.1 Å². The highest BCUT2D eigenvalue weighted by Crippen LogP contribution is 2.40. The zero-order valence-corrected chi connectivity index (χ0v) is 27.2. The van der Waals surface area contributed by atoms with Gasteiger partial charge in [0.25, 0.3) is 0 Å². The number of para-hydroxylation sites is 1. The molecular weight excluding hydrogens is 558 g/mol. The van der Waals surface area contributed by atoms with Gasteiger partial charge in [-0.05, 0) is 82.3 Å². The average Bonchev–Trinajstić information content (AvgIpc) is 3.21. The summed E-state index contributed by atoms with van der Waals surface area (Å²) in [6.07, 6.45) is 1.57. The van der Waals surface area contributed by atoms with Crippen molar-refractivity contribution in [1.29, 1.82) is 0 Å². The first kappa shape index (κ1) is 30.5. The number of aryl methyl sites for hydroxylation is 2. The summed E-state index contributed by atoms with van der Waals surface area (Å²) >= 11 is 0. The van der Waals surface area contributed by atoms with Gasteiger partial charge in [-0.15, -0.1) is 0 Å². The topological polar surface area (TPSA) is 76.5 Å². The predicted molar refractivity (Wildman–Crippen MR) is 181 cm³/mol. The molecule has 1 aliphatic carbocycles. The Hall–Kier alpha value is -4.51. The molecule has 0 bridgehead atoms. The minimum atomic E-state index is -0.959. The van der Waals surface area contributed by atoms with Crippen LogP contribution in [0.3, 0.4) is 0 Å². The second kappa shape index (κ2) is 11.1. The fraction of sp³-hybridized carbons (Fsp3) is 0.325. The van der Waals surface area contributed by atoms with E-state index in [0.717, 1.165) is 45.7 Å². The molecule has 0 fully saturated rings. The molecule has 230 valence electrons. The zero-order valence-electron chi connectivity index (χ0n) is 27.2. The Kier molecular flexibility index (Phi) is 7.55. The number of benzene rings is 4. The molecule has 0 saturated heterocycles. The number of hydrogen-bond acceptors (Lipinski definition) is 5. The molecule has 45 heavy (non-hydrogen) atoms. The first-order chi connectivity index (χ1) is 21.2. The van der Waals surface area contributed by atoms with Crippen LogP contribution < -0.4 is 4.74 Å². The number of Topliss-reactive ketones (excluding diaryl/α,β-unsaturated/α-hetero) is 2. The van der Waals surface area contributed by atoms with Crippen LogP contribution in [0, 0.1) is 6.92 Å². The van der Waals surface area contributed by atoms with E-state index >= 15 is 0 Å². The number of hydrogen-bond donors (Lipinski definition) is 1. The minimum absolute atomic E-state index is 0.182. The van der Waals surface area contributed by atoms with Crippen LogP contribution in [0.25, 0.3) is 21.7 Å². The molecule has 1 N–H and O–H groups in total. The molecule has 0 saturated carbocycles. The number of phenolic OH excluding ortho intramolecular Hbond substituents is 1. The number of nitrogens with zero attached hydrogens (tertiary/aromatic N) is 1. The monoisotopic (exact) mass is 599 g/mol. The van der Waals surface area contributed by atoms with Gasteiger partial charge in [-0.1, -0.05) is 95.6 Å². The first-order valence-corrected chi connectivity index (χ1v) is 15.7. The Bertz CT molecular complexity index is 1960. The number of phenols is 1. The largest absolute Gasteiger partial charge is 0.507 e. The third-order valence-electron chi connectivity index (χ3n) is 8.84. The van der Waals surface area contributed by atoms with Crippen molar-refractivity contribution in [2.24, 2.45) is 0 Å². The summed E-state index contributed by atoms with van der Waals surface area (Å²) in [5, 5.41) is 13.9. The summed E-state index contributed by atoms with van der Waals surface area (Å²) in [6.45, 7) is 15.2. The van der Waals surface area contributed by atoms with Gasteiger partial charge in [0.05, 0.1) is 12.3 Å². The Morgan fingerprint density at radius 2 is 1.38 bits per heavy atom. The number of ether oxygens (including phenoxy) is 1. The SMILES string of the molecule is Cc1ccc2cc3c(cc2c1)C(=O)C(c1ccc2cccc(OCCCc4cc(C(C)(C)C)c(O)c(C(C)(C)C)c4)c2n1)C3=O. The summed E-state index contributed by atoms with van der Waals surface area (Å²) in [6, 6.07) is 23.4. The average molecular weight is 600 g/mol. The van der Waals surface area contributed by atoms with E-state index in [1.54, 1.807) is 6.07 Å². The van der Waals surface area contributed by atoms with Crippen LogP contribution in [-0.2, 0) is 17.3 Å². The van der Waals surface area contributed by atoms with E-state index < -0.39 is 5.92 Å². The second-order valence-corrected chi connectivity index (χ2v) is 14.5. The summed E-state index contributed by atoms with van der Waals surface area (Å²) < 4.78 is 6.27. The number of aromatic nitrogens is 1. The van der Waals surface area contributed by atoms with Gasteiger partial charge in [-0.2, -0.15) is 0 Å². The van der Waals surface area contributed by atoms with Gasteiger partial charge in [0.2, 0.25) is 0 Å². The number of rotatable bonds is 6. The quantitative estimate of drug-likeness (QED) is 0.156. The van der Waals surface area contributed by atoms with Crippen molar-refractivity contribution in [3.05, 3.63) is 112 Å². The maximum absolute atomic E-state index is 13.6. The molecule has 0 amide bonds. The van der Waals surface area contributed by atoms with Gasteiger partial charge in [-0.25, -0.2) is 4.98 Å². The summed E-state index contributed by atoms with van der Waals surface area (Å²) in [7, 11) is 0. The Morgan fingerprint density at radius 3 is 2.02 bits per heavy atom. The molecule has 4 aromatic carbocycles. The van der Waals surface area contributed by atoms with Crippen molar-refractivity contribution >= 4 is 33.2 Å². The van der Waals surface area contributed by atoms with Gasteiger partial charge < -0.3 is 9.84 Å². The van der Waals surface area contributed by atoms with E-state index in [1.807, 2.05) is 61.5 Å². The lowest BCUT2D eigenvalue weighted by Gasteiger charge is -2.28. The van der Waals surface area contributed by atoms with Crippen LogP contribution in [0.1, 0.15) is 103 Å². The summed E-state index contributed by atoms with van der Waals surface area (Å²) in [5.74, 6) is -0.359. The van der Waals surface area contributed by atoms with Crippen LogP contribution in [0.4, 0.5) is 0 Å². The molecule has 1 aliphatic rings. The van der Waals surface area contributed by atoms with Crippen LogP contribution in [-0.4, -0.2) is 28.3 Å². The van der Waals surface area contributed by atoms with E-state index in [9.17, 15) is 14.7 Å². The fourth-order valence-corrected chi connectivity index (χ4v) is 6.38. The van der Waals surface area contributed by atoms with Gasteiger partial charge in [-0.3, -0.25) is 9.59 Å². The molecule has 5 heteroatoms. The van der Waals surface area contributed by atoms with Crippen LogP contribution in [0.15, 0.2) is 72.8 Å². The molecule has 1 unspecified atom stereocenters. The van der Waals surface area contributed by atoms with E-state index in [4.69, 9.17) is 9.72 Å². The number of ketones is 2. The number of fused-ring (bicyclic) bond motifs is 3. The van der Waals surface area contributed by atoms with Crippen LogP contribution in [0.5, 0.6) is 11.5 Å².